The Morgan fingerprint density at radius 1 is 1.36 bits per heavy atom. The summed E-state index contributed by atoms with van der Waals surface area (Å²) in [4.78, 5) is 0. The molecule has 0 radical (unpaired) electrons. The Balaban J connectivity index is 0.000000292. The van der Waals surface area contributed by atoms with E-state index < -0.39 is 16.5 Å². The Labute approximate surface area is 84.4 Å². The van der Waals surface area contributed by atoms with Crippen LogP contribution < -0.4 is 11.5 Å². The van der Waals surface area contributed by atoms with Gasteiger partial charge in [-0.05, 0) is 0 Å². The van der Waals surface area contributed by atoms with Crippen molar-refractivity contribution in [2.45, 2.75) is 31.7 Å². The average Bonchev–Trinajstić information content (AvgIpc) is 1.97. The number of rotatable bonds is 0. The molecule has 0 aromatic rings. The summed E-state index contributed by atoms with van der Waals surface area (Å²) in [5, 5.41) is 0. The van der Waals surface area contributed by atoms with Crippen LogP contribution in [0.5, 0.6) is 0 Å². The van der Waals surface area contributed by atoms with Gasteiger partial charge in [-0.1, -0.05) is 19.3 Å². The zero-order chi connectivity index (χ0) is 8.69. The first-order valence-electron chi connectivity index (χ1n) is 3.41. The molecule has 5 heteroatoms. The van der Waals surface area contributed by atoms with E-state index in [-0.39, 0.29) is 6.04 Å². The van der Waals surface area contributed by atoms with Crippen molar-refractivity contribution in [3.8, 4) is 0 Å². The number of halogens is 2. The van der Waals surface area contributed by atoms with Gasteiger partial charge in [0.2, 0.25) is 0 Å². The molecule has 1 aliphatic carbocycles. The third kappa shape index (κ3) is 6.36. The summed E-state index contributed by atoms with van der Waals surface area (Å²) in [6.45, 7) is 0. The molecule has 1 rings (SSSR count). The van der Waals surface area contributed by atoms with E-state index in [2.05, 4.69) is 0 Å². The summed E-state index contributed by atoms with van der Waals surface area (Å²) in [7, 11) is 9.75. The van der Waals surface area contributed by atoms with Crippen LogP contribution in [0.15, 0.2) is 0 Å². The molecule has 0 aromatic carbocycles. The first kappa shape index (κ1) is 12.2. The van der Waals surface area contributed by atoms with E-state index in [4.69, 9.17) is 30.3 Å². The van der Waals surface area contributed by atoms with Gasteiger partial charge in [-0.15, -0.1) is 6.04 Å². The predicted molar refractivity (Wildman–Crippen MR) is 45.6 cm³/mol. The molecule has 0 spiro atoms. The van der Waals surface area contributed by atoms with Gasteiger partial charge in [0.05, 0.1) is 0 Å². The van der Waals surface area contributed by atoms with Crippen molar-refractivity contribution in [2.75, 3.05) is 0 Å². The predicted octanol–water partition coefficient (Wildman–Crippen LogP) is 1.75. The molecule has 4 N–H and O–H groups in total. The molecule has 1 aliphatic rings. The van der Waals surface area contributed by atoms with E-state index in [0.29, 0.717) is 0 Å². The zero-order valence-corrected chi connectivity index (χ0v) is 9.92. The summed E-state index contributed by atoms with van der Waals surface area (Å²) in [6.07, 6.45) is 4.62. The number of nitrogens with two attached hydrogens (primary N) is 2. The Hall–Kier alpha value is 1.19. The monoisotopic (exact) mass is 378 g/mol. The minimum absolute atomic E-state index is 0.198. The summed E-state index contributed by atoms with van der Waals surface area (Å²) in [5.74, 6) is 0. The topological polar surface area (TPSA) is 52.0 Å². The summed E-state index contributed by atoms with van der Waals surface area (Å²) in [5.41, 5.74) is 11.2. The van der Waals surface area contributed by atoms with Crippen LogP contribution in [0.3, 0.4) is 0 Å². The molecule has 1 atom stereocenters. The average molecular weight is 379 g/mol. The molecular weight excluding hydrogens is 366 g/mol. The van der Waals surface area contributed by atoms with Crippen molar-refractivity contribution in [2.24, 2.45) is 11.5 Å². The molecule has 0 unspecified atom stereocenters. The molecule has 0 aromatic heterocycles. The van der Waals surface area contributed by atoms with Gasteiger partial charge in [0, 0.05) is 0 Å². The molecule has 0 aliphatic heterocycles. The van der Waals surface area contributed by atoms with Crippen molar-refractivity contribution in [3.05, 3.63) is 6.04 Å². The normalized spacial score (nSPS) is 26.0. The molecule has 0 bridgehead atoms. The fourth-order valence-corrected chi connectivity index (χ4v) is 1.06. The number of hydrogen-bond donors (Lipinski definition) is 2. The van der Waals surface area contributed by atoms with Gasteiger partial charge in [0.25, 0.3) is 0 Å². The van der Waals surface area contributed by atoms with E-state index in [1.54, 1.807) is 0 Å². The van der Waals surface area contributed by atoms with Crippen LogP contribution in [0.2, 0.25) is 0 Å². The van der Waals surface area contributed by atoms with Gasteiger partial charge >= 0.3 is 35.3 Å². The molecule has 11 heavy (non-hydrogen) atoms. The Morgan fingerprint density at radius 3 is 2.18 bits per heavy atom. The molecule has 1 saturated carbocycles. The second kappa shape index (κ2) is 7.82. The van der Waals surface area contributed by atoms with Gasteiger partial charge in [-0.3, -0.25) is 0 Å². The SMILES string of the molecule is N[C-]1CCCC[C@H]1N.[Cl][Pt][Cl]. The first-order chi connectivity index (χ1) is 5.22. The third-order valence-electron chi connectivity index (χ3n) is 1.71. The summed E-state index contributed by atoms with van der Waals surface area (Å²) < 4.78 is 0. The van der Waals surface area contributed by atoms with Crippen molar-refractivity contribution >= 4 is 18.8 Å². The Kier molecular flexibility index (Phi) is 8.66. The van der Waals surface area contributed by atoms with Crippen molar-refractivity contribution in [3.63, 3.8) is 0 Å². The summed E-state index contributed by atoms with van der Waals surface area (Å²) >= 11 is -0.472. The van der Waals surface area contributed by atoms with Crippen LogP contribution in [0, 0.1) is 6.04 Å². The van der Waals surface area contributed by atoms with Crippen LogP contribution in [-0.2, 0) is 16.5 Å². The molecule has 1 fully saturated rings. The molecule has 2 nitrogen and oxygen atoms in total. The molecule has 0 saturated heterocycles. The van der Waals surface area contributed by atoms with E-state index >= 15 is 0 Å². The second-order valence-corrected chi connectivity index (χ2v) is 5.76. The number of hydrogen-bond acceptors (Lipinski definition) is 2. The molecule has 0 heterocycles. The van der Waals surface area contributed by atoms with E-state index in [0.717, 1.165) is 18.9 Å². The fraction of sp³-hybridized carbons (Fsp3) is 0.833. The third-order valence-corrected chi connectivity index (χ3v) is 1.71. The maximum absolute atomic E-state index is 5.62. The summed E-state index contributed by atoms with van der Waals surface area (Å²) in [6, 6.07) is 1.19. The quantitative estimate of drug-likeness (QED) is 0.631. The Morgan fingerprint density at radius 2 is 1.91 bits per heavy atom. The van der Waals surface area contributed by atoms with Gasteiger partial charge in [0.1, 0.15) is 0 Å². The maximum atomic E-state index is 5.62. The van der Waals surface area contributed by atoms with Crippen molar-refractivity contribution < 1.29 is 16.5 Å². The van der Waals surface area contributed by atoms with Gasteiger partial charge in [-0.2, -0.15) is 6.42 Å². The van der Waals surface area contributed by atoms with Crippen LogP contribution >= 0.6 is 18.8 Å². The van der Waals surface area contributed by atoms with Crippen molar-refractivity contribution in [1.82, 2.24) is 0 Å². The van der Waals surface area contributed by atoms with Gasteiger partial charge in [0.15, 0.2) is 0 Å². The van der Waals surface area contributed by atoms with E-state index in [9.17, 15) is 0 Å². The van der Waals surface area contributed by atoms with Crippen LogP contribution in [-0.4, -0.2) is 6.04 Å². The zero-order valence-electron chi connectivity index (χ0n) is 6.13. The van der Waals surface area contributed by atoms with E-state index in [1.807, 2.05) is 0 Å². The van der Waals surface area contributed by atoms with Crippen molar-refractivity contribution in [1.29, 1.82) is 0 Å². The minimum atomic E-state index is -0.472. The molecule has 72 valence electrons. The van der Waals surface area contributed by atoms with E-state index in [1.165, 1.54) is 12.8 Å². The standard InChI is InChI=1S/C6H13N2.2ClH.Pt/c7-5-3-1-2-4-6(5)8;;;/h5H,1-4,7-8H2;2*1H;/q-1;;;+2/p-2/t5-;;;/m1.../s1. The fourth-order valence-electron chi connectivity index (χ4n) is 1.06. The molecule has 0 amide bonds. The van der Waals surface area contributed by atoms with Crippen LogP contribution in [0.4, 0.5) is 0 Å². The van der Waals surface area contributed by atoms with Crippen LogP contribution in [0.25, 0.3) is 0 Å². The first-order valence-corrected chi connectivity index (χ1v) is 9.04. The van der Waals surface area contributed by atoms with Gasteiger partial charge in [-0.25, -0.2) is 6.04 Å². The van der Waals surface area contributed by atoms with Gasteiger partial charge < -0.3 is 11.5 Å². The van der Waals surface area contributed by atoms with Crippen LogP contribution in [0.1, 0.15) is 25.7 Å². The second-order valence-electron chi connectivity index (χ2n) is 2.47. The molecular formula is C6H13Cl2N2Pt-. The Bertz CT molecular complexity index is 84.7.